The zero-order chi connectivity index (χ0) is 13.4. The Hall–Kier alpha value is -0.620. The zero-order valence-corrected chi connectivity index (χ0v) is 12.4. The number of nitrogens with one attached hydrogen (secondary N) is 1. The van der Waals surface area contributed by atoms with Crippen molar-refractivity contribution in [2.75, 3.05) is 27.4 Å². The van der Waals surface area contributed by atoms with Crippen molar-refractivity contribution < 1.29 is 14.6 Å². The van der Waals surface area contributed by atoms with Crippen LogP contribution in [-0.4, -0.2) is 38.6 Å². The molecule has 0 bridgehead atoms. The van der Waals surface area contributed by atoms with Crippen LogP contribution in [0.15, 0.2) is 22.7 Å². The van der Waals surface area contributed by atoms with Gasteiger partial charge in [-0.05, 0) is 24.1 Å². The quantitative estimate of drug-likeness (QED) is 0.769. The third-order valence-electron chi connectivity index (χ3n) is 2.69. The fourth-order valence-corrected chi connectivity index (χ4v) is 2.15. The third kappa shape index (κ3) is 4.94. The van der Waals surface area contributed by atoms with Gasteiger partial charge in [0.1, 0.15) is 5.75 Å². The molecule has 1 aromatic carbocycles. The Morgan fingerprint density at radius 3 is 2.72 bits per heavy atom. The molecule has 4 nitrogen and oxygen atoms in total. The highest BCUT2D eigenvalue weighted by Crippen LogP contribution is 2.22. The molecular formula is C13H20BrNO3. The van der Waals surface area contributed by atoms with Gasteiger partial charge < -0.3 is 19.9 Å². The number of benzene rings is 1. The maximum absolute atomic E-state index is 8.96. The number of methoxy groups -OCH3 is 2. The summed E-state index contributed by atoms with van der Waals surface area (Å²) in [6, 6.07) is 6.04. The van der Waals surface area contributed by atoms with Gasteiger partial charge in [-0.3, -0.25) is 0 Å². The van der Waals surface area contributed by atoms with E-state index in [2.05, 4.69) is 21.2 Å². The van der Waals surface area contributed by atoms with E-state index in [1.807, 2.05) is 18.2 Å². The summed E-state index contributed by atoms with van der Waals surface area (Å²) in [6.07, 6.45) is 0.682. The molecule has 0 fully saturated rings. The fourth-order valence-electron chi connectivity index (χ4n) is 1.65. The van der Waals surface area contributed by atoms with Crippen molar-refractivity contribution in [2.24, 2.45) is 0 Å². The molecule has 5 heteroatoms. The van der Waals surface area contributed by atoms with Gasteiger partial charge in [-0.25, -0.2) is 0 Å². The number of aliphatic hydroxyl groups is 1. The molecular weight excluding hydrogens is 298 g/mol. The minimum absolute atomic E-state index is 0.158. The molecule has 1 unspecified atom stereocenters. The summed E-state index contributed by atoms with van der Waals surface area (Å²) < 4.78 is 11.3. The van der Waals surface area contributed by atoms with E-state index >= 15 is 0 Å². The Bertz CT molecular complexity index is 354. The Morgan fingerprint density at radius 2 is 2.17 bits per heavy atom. The molecule has 0 radical (unpaired) electrons. The van der Waals surface area contributed by atoms with Gasteiger partial charge in [-0.1, -0.05) is 22.0 Å². The Labute approximate surface area is 116 Å². The lowest BCUT2D eigenvalue weighted by molar-refractivity contribution is 0.148. The zero-order valence-electron chi connectivity index (χ0n) is 10.8. The van der Waals surface area contributed by atoms with E-state index in [9.17, 15) is 0 Å². The maximum atomic E-state index is 8.96. The van der Waals surface area contributed by atoms with E-state index in [1.165, 1.54) is 0 Å². The van der Waals surface area contributed by atoms with Gasteiger partial charge in [0.15, 0.2) is 0 Å². The van der Waals surface area contributed by atoms with E-state index in [0.29, 0.717) is 13.0 Å². The molecule has 1 atom stereocenters. The lowest BCUT2D eigenvalue weighted by Gasteiger charge is -2.17. The van der Waals surface area contributed by atoms with Crippen molar-refractivity contribution in [3.05, 3.63) is 28.2 Å². The van der Waals surface area contributed by atoms with Gasteiger partial charge in [0.25, 0.3) is 0 Å². The summed E-state index contributed by atoms with van der Waals surface area (Å²) in [5.74, 6) is 0.828. The molecule has 2 N–H and O–H groups in total. The third-order valence-corrected chi connectivity index (χ3v) is 3.43. The monoisotopic (exact) mass is 317 g/mol. The molecule has 0 spiro atoms. The van der Waals surface area contributed by atoms with E-state index in [1.54, 1.807) is 14.2 Å². The highest BCUT2D eigenvalue weighted by atomic mass is 79.9. The van der Waals surface area contributed by atoms with Crippen LogP contribution in [0.3, 0.4) is 0 Å². The average Bonchev–Trinajstić information content (AvgIpc) is 2.37. The number of hydrogen-bond acceptors (Lipinski definition) is 4. The van der Waals surface area contributed by atoms with Gasteiger partial charge in [-0.15, -0.1) is 0 Å². The molecule has 1 aromatic rings. The summed E-state index contributed by atoms with van der Waals surface area (Å²) in [5.41, 5.74) is 1.15. The summed E-state index contributed by atoms with van der Waals surface area (Å²) in [5, 5.41) is 12.3. The molecule has 1 rings (SSSR count). The Balaban J connectivity index is 2.55. The average molecular weight is 318 g/mol. The number of halogens is 1. The molecule has 0 saturated heterocycles. The van der Waals surface area contributed by atoms with Crippen molar-refractivity contribution in [1.29, 1.82) is 0 Å². The SMILES string of the molecule is COCC(CCO)NCc1ccc(OC)cc1Br. The number of ether oxygens (including phenoxy) is 2. The van der Waals surface area contributed by atoms with Gasteiger partial charge in [-0.2, -0.15) is 0 Å². The first-order valence-electron chi connectivity index (χ1n) is 5.86. The molecule has 0 aliphatic heterocycles. The summed E-state index contributed by atoms with van der Waals surface area (Å²) in [6.45, 7) is 1.47. The number of rotatable bonds is 8. The summed E-state index contributed by atoms with van der Waals surface area (Å²) in [7, 11) is 3.31. The Morgan fingerprint density at radius 1 is 1.39 bits per heavy atom. The first kappa shape index (κ1) is 15.4. The van der Waals surface area contributed by atoms with Gasteiger partial charge in [0.05, 0.1) is 13.7 Å². The molecule has 0 aliphatic rings. The van der Waals surface area contributed by atoms with Crippen LogP contribution in [0.1, 0.15) is 12.0 Å². The lowest BCUT2D eigenvalue weighted by Crippen LogP contribution is -2.33. The number of aliphatic hydroxyl groups excluding tert-OH is 1. The van der Waals surface area contributed by atoms with Crippen molar-refractivity contribution in [3.63, 3.8) is 0 Å². The summed E-state index contributed by atoms with van der Waals surface area (Å²) in [4.78, 5) is 0. The maximum Gasteiger partial charge on any atom is 0.120 e. The minimum Gasteiger partial charge on any atom is -0.497 e. The van der Waals surface area contributed by atoms with Crippen LogP contribution in [0.4, 0.5) is 0 Å². The molecule has 0 heterocycles. The topological polar surface area (TPSA) is 50.7 Å². The van der Waals surface area contributed by atoms with Crippen LogP contribution in [0.2, 0.25) is 0 Å². The van der Waals surface area contributed by atoms with Crippen molar-refractivity contribution in [3.8, 4) is 5.75 Å². The highest BCUT2D eigenvalue weighted by Gasteiger charge is 2.08. The molecule has 0 saturated carbocycles. The second kappa shape index (κ2) is 8.48. The van der Waals surface area contributed by atoms with Gasteiger partial charge >= 0.3 is 0 Å². The van der Waals surface area contributed by atoms with Gasteiger partial charge in [0.2, 0.25) is 0 Å². The minimum atomic E-state index is 0.158. The normalized spacial score (nSPS) is 12.4. The van der Waals surface area contributed by atoms with Crippen molar-refractivity contribution >= 4 is 15.9 Å². The van der Waals surface area contributed by atoms with E-state index in [4.69, 9.17) is 14.6 Å². The first-order chi connectivity index (χ1) is 8.71. The van der Waals surface area contributed by atoms with E-state index < -0.39 is 0 Å². The predicted molar refractivity (Wildman–Crippen MR) is 74.9 cm³/mol. The second-order valence-corrected chi connectivity index (χ2v) is 4.86. The van der Waals surface area contributed by atoms with Crippen LogP contribution in [0.5, 0.6) is 5.75 Å². The van der Waals surface area contributed by atoms with Crippen molar-refractivity contribution in [2.45, 2.75) is 19.0 Å². The highest BCUT2D eigenvalue weighted by molar-refractivity contribution is 9.10. The van der Waals surface area contributed by atoms with Crippen LogP contribution < -0.4 is 10.1 Å². The van der Waals surface area contributed by atoms with Crippen LogP contribution in [0.25, 0.3) is 0 Å². The molecule has 0 amide bonds. The predicted octanol–water partition coefficient (Wildman–Crippen LogP) is 1.94. The van der Waals surface area contributed by atoms with E-state index in [-0.39, 0.29) is 12.6 Å². The molecule has 18 heavy (non-hydrogen) atoms. The Kier molecular flexibility index (Phi) is 7.27. The van der Waals surface area contributed by atoms with E-state index in [0.717, 1.165) is 22.3 Å². The summed E-state index contributed by atoms with van der Waals surface area (Å²) >= 11 is 3.52. The fraction of sp³-hybridized carbons (Fsp3) is 0.538. The second-order valence-electron chi connectivity index (χ2n) is 4.00. The van der Waals surface area contributed by atoms with Crippen LogP contribution in [0, 0.1) is 0 Å². The largest absolute Gasteiger partial charge is 0.497 e. The smallest absolute Gasteiger partial charge is 0.120 e. The first-order valence-corrected chi connectivity index (χ1v) is 6.66. The molecule has 0 aliphatic carbocycles. The number of hydrogen-bond donors (Lipinski definition) is 2. The van der Waals surface area contributed by atoms with Crippen LogP contribution >= 0.6 is 15.9 Å². The van der Waals surface area contributed by atoms with Crippen molar-refractivity contribution in [1.82, 2.24) is 5.32 Å². The molecule has 102 valence electrons. The standard InChI is InChI=1S/C13H20BrNO3/c1-17-9-11(5-6-16)15-8-10-3-4-12(18-2)7-13(10)14/h3-4,7,11,15-16H,5-6,8-9H2,1-2H3. The van der Waals surface area contributed by atoms with Gasteiger partial charge in [0, 0.05) is 30.8 Å². The van der Waals surface area contributed by atoms with Crippen LogP contribution in [-0.2, 0) is 11.3 Å². The lowest BCUT2D eigenvalue weighted by atomic mass is 10.2. The molecule has 0 aromatic heterocycles.